The SMILES string of the molecule is O=C(O)C1CC2CCC1N2S(=O)(=O)C1CCS(=O)(=O)C1. The summed E-state index contributed by atoms with van der Waals surface area (Å²) < 4.78 is 49.5. The van der Waals surface area contributed by atoms with Crippen LogP contribution in [0.4, 0.5) is 0 Å². The van der Waals surface area contributed by atoms with Crippen molar-refractivity contribution in [3.63, 3.8) is 0 Å². The van der Waals surface area contributed by atoms with Crippen molar-refractivity contribution < 1.29 is 26.7 Å². The second-order valence-electron chi connectivity index (χ2n) is 5.88. The first kappa shape index (κ1) is 14.3. The molecule has 0 spiro atoms. The summed E-state index contributed by atoms with van der Waals surface area (Å²) in [5, 5.41) is 8.25. The largest absolute Gasteiger partial charge is 0.481 e. The van der Waals surface area contributed by atoms with Gasteiger partial charge in [0.05, 0.1) is 22.7 Å². The Morgan fingerprint density at radius 2 is 1.90 bits per heavy atom. The number of sulfonamides is 1. The Morgan fingerprint density at radius 1 is 1.20 bits per heavy atom. The van der Waals surface area contributed by atoms with Crippen molar-refractivity contribution in [2.45, 2.75) is 43.0 Å². The van der Waals surface area contributed by atoms with Crippen LogP contribution in [0.3, 0.4) is 0 Å². The molecule has 20 heavy (non-hydrogen) atoms. The molecule has 2 bridgehead atoms. The molecule has 3 aliphatic rings. The predicted octanol–water partition coefficient (Wildman–Crippen LogP) is -0.559. The average Bonchev–Trinajstić information content (AvgIpc) is 3.00. The third-order valence-corrected chi connectivity index (χ3v) is 9.08. The van der Waals surface area contributed by atoms with Crippen LogP contribution in [0.2, 0.25) is 0 Å². The highest BCUT2D eigenvalue weighted by atomic mass is 32.2. The fourth-order valence-electron chi connectivity index (χ4n) is 3.77. The molecule has 4 unspecified atom stereocenters. The summed E-state index contributed by atoms with van der Waals surface area (Å²) in [6.07, 6.45) is 1.70. The molecule has 3 fully saturated rings. The first-order valence-electron chi connectivity index (χ1n) is 6.68. The van der Waals surface area contributed by atoms with Gasteiger partial charge in [-0.15, -0.1) is 0 Å². The Balaban J connectivity index is 1.88. The van der Waals surface area contributed by atoms with Crippen molar-refractivity contribution in [1.82, 2.24) is 4.31 Å². The quantitative estimate of drug-likeness (QED) is 0.746. The molecule has 0 aromatic rings. The molecule has 3 rings (SSSR count). The summed E-state index contributed by atoms with van der Waals surface area (Å²) in [5.41, 5.74) is 0. The van der Waals surface area contributed by atoms with E-state index in [2.05, 4.69) is 0 Å². The summed E-state index contributed by atoms with van der Waals surface area (Å²) in [5.74, 6) is -2.04. The van der Waals surface area contributed by atoms with Gasteiger partial charge in [0.2, 0.25) is 10.0 Å². The third-order valence-electron chi connectivity index (χ3n) is 4.70. The van der Waals surface area contributed by atoms with Gasteiger partial charge >= 0.3 is 5.97 Å². The summed E-state index contributed by atoms with van der Waals surface area (Å²) in [4.78, 5) is 11.2. The van der Waals surface area contributed by atoms with Gasteiger partial charge < -0.3 is 5.11 Å². The van der Waals surface area contributed by atoms with Crippen LogP contribution in [0, 0.1) is 5.92 Å². The maximum atomic E-state index is 12.6. The lowest BCUT2D eigenvalue weighted by Crippen LogP contribution is -2.43. The molecule has 7 nitrogen and oxygen atoms in total. The number of carboxylic acids is 1. The second kappa shape index (κ2) is 4.41. The molecule has 3 saturated heterocycles. The maximum Gasteiger partial charge on any atom is 0.308 e. The lowest BCUT2D eigenvalue weighted by Gasteiger charge is -2.25. The Kier molecular flexibility index (Phi) is 3.15. The van der Waals surface area contributed by atoms with Crippen LogP contribution >= 0.6 is 0 Å². The normalized spacial score (nSPS) is 40.2. The second-order valence-corrected chi connectivity index (χ2v) is 10.2. The highest BCUT2D eigenvalue weighted by molar-refractivity contribution is 7.95. The highest BCUT2D eigenvalue weighted by Crippen LogP contribution is 2.45. The van der Waals surface area contributed by atoms with E-state index in [0.717, 1.165) is 0 Å². The van der Waals surface area contributed by atoms with E-state index in [1.807, 2.05) is 0 Å². The number of hydrogen-bond donors (Lipinski definition) is 1. The van der Waals surface area contributed by atoms with E-state index >= 15 is 0 Å². The number of sulfone groups is 1. The first-order valence-corrected chi connectivity index (χ1v) is 10.0. The fourth-order valence-corrected chi connectivity index (χ4v) is 8.77. The highest BCUT2D eigenvalue weighted by Gasteiger charge is 2.56. The molecule has 3 aliphatic heterocycles. The van der Waals surface area contributed by atoms with E-state index in [1.54, 1.807) is 0 Å². The molecular weight excluding hydrogens is 306 g/mol. The maximum absolute atomic E-state index is 12.6. The number of nitrogens with zero attached hydrogens (tertiary/aromatic N) is 1. The lowest BCUT2D eigenvalue weighted by atomic mass is 9.89. The molecule has 0 aromatic heterocycles. The molecule has 4 atom stereocenters. The van der Waals surface area contributed by atoms with Crippen LogP contribution < -0.4 is 0 Å². The zero-order valence-corrected chi connectivity index (χ0v) is 12.4. The van der Waals surface area contributed by atoms with Crippen LogP contribution in [0.25, 0.3) is 0 Å². The monoisotopic (exact) mass is 323 g/mol. The predicted molar refractivity (Wildman–Crippen MR) is 70.4 cm³/mol. The molecule has 0 aromatic carbocycles. The van der Waals surface area contributed by atoms with E-state index in [4.69, 9.17) is 5.11 Å². The van der Waals surface area contributed by atoms with E-state index in [-0.39, 0.29) is 24.0 Å². The Bertz CT molecular complexity index is 640. The summed E-state index contributed by atoms with van der Waals surface area (Å²) >= 11 is 0. The summed E-state index contributed by atoms with van der Waals surface area (Å²) in [7, 11) is -7.00. The zero-order valence-electron chi connectivity index (χ0n) is 10.8. The van der Waals surface area contributed by atoms with Gasteiger partial charge in [-0.1, -0.05) is 0 Å². The van der Waals surface area contributed by atoms with Gasteiger partial charge in [-0.3, -0.25) is 4.79 Å². The summed E-state index contributed by atoms with van der Waals surface area (Å²) in [6.45, 7) is 0. The van der Waals surface area contributed by atoms with Crippen molar-refractivity contribution in [2.24, 2.45) is 5.92 Å². The van der Waals surface area contributed by atoms with E-state index in [0.29, 0.717) is 19.3 Å². The van der Waals surface area contributed by atoms with Crippen molar-refractivity contribution in [3.8, 4) is 0 Å². The van der Waals surface area contributed by atoms with Crippen LogP contribution in [0.5, 0.6) is 0 Å². The van der Waals surface area contributed by atoms with Gasteiger partial charge in [0, 0.05) is 12.1 Å². The number of hydrogen-bond acceptors (Lipinski definition) is 5. The van der Waals surface area contributed by atoms with Crippen LogP contribution in [-0.2, 0) is 24.7 Å². The molecular formula is C11H17NO6S2. The molecule has 0 aliphatic carbocycles. The van der Waals surface area contributed by atoms with Crippen molar-refractivity contribution in [3.05, 3.63) is 0 Å². The molecule has 0 saturated carbocycles. The minimum Gasteiger partial charge on any atom is -0.481 e. The van der Waals surface area contributed by atoms with Crippen LogP contribution in [0.1, 0.15) is 25.7 Å². The standard InChI is InChI=1S/C11H17NO6S2/c13-11(14)9-5-7-1-2-10(9)12(7)20(17,18)8-3-4-19(15,16)6-8/h7-10H,1-6H2,(H,13,14). The number of carboxylic acid groups (broad SMARTS) is 1. The topological polar surface area (TPSA) is 109 Å². The smallest absolute Gasteiger partial charge is 0.308 e. The van der Waals surface area contributed by atoms with Gasteiger partial charge in [0.1, 0.15) is 0 Å². The zero-order chi connectivity index (χ0) is 14.7. The van der Waals surface area contributed by atoms with E-state index < -0.39 is 43.0 Å². The molecule has 114 valence electrons. The molecule has 0 radical (unpaired) electrons. The molecule has 0 amide bonds. The molecule has 3 heterocycles. The van der Waals surface area contributed by atoms with E-state index in [1.165, 1.54) is 4.31 Å². The van der Waals surface area contributed by atoms with Crippen molar-refractivity contribution >= 4 is 25.8 Å². The van der Waals surface area contributed by atoms with E-state index in [9.17, 15) is 21.6 Å². The minimum absolute atomic E-state index is 0.0948. The number of fused-ring (bicyclic) bond motifs is 2. The average molecular weight is 323 g/mol. The molecule has 9 heteroatoms. The van der Waals surface area contributed by atoms with Crippen LogP contribution in [-0.4, -0.2) is 61.1 Å². The van der Waals surface area contributed by atoms with Gasteiger partial charge in [-0.05, 0) is 25.7 Å². The first-order chi connectivity index (χ1) is 9.22. The van der Waals surface area contributed by atoms with Crippen molar-refractivity contribution in [1.29, 1.82) is 0 Å². The van der Waals surface area contributed by atoms with Gasteiger partial charge in [-0.25, -0.2) is 16.8 Å². The Hall–Kier alpha value is -0.670. The van der Waals surface area contributed by atoms with Gasteiger partial charge in [0.25, 0.3) is 0 Å². The van der Waals surface area contributed by atoms with Crippen molar-refractivity contribution in [2.75, 3.05) is 11.5 Å². The lowest BCUT2D eigenvalue weighted by molar-refractivity contribution is -0.142. The van der Waals surface area contributed by atoms with Crippen LogP contribution in [0.15, 0.2) is 0 Å². The molecule has 1 N–H and O–H groups in total. The third kappa shape index (κ3) is 2.06. The Labute approximate surface area is 117 Å². The fraction of sp³-hybridized carbons (Fsp3) is 0.909. The van der Waals surface area contributed by atoms with Gasteiger partial charge in [-0.2, -0.15) is 4.31 Å². The number of carbonyl (C=O) groups is 1. The summed E-state index contributed by atoms with van der Waals surface area (Å²) in [6, 6.07) is -0.764. The number of rotatable bonds is 3. The minimum atomic E-state index is -3.72. The Morgan fingerprint density at radius 3 is 2.40 bits per heavy atom. The van der Waals surface area contributed by atoms with Gasteiger partial charge in [0.15, 0.2) is 9.84 Å². The number of aliphatic carboxylic acids is 1.